The van der Waals surface area contributed by atoms with Crippen LogP contribution in [0, 0.1) is 0 Å². The van der Waals surface area contributed by atoms with Crippen LogP contribution in [-0.2, 0) is 0 Å². The van der Waals surface area contributed by atoms with Crippen LogP contribution >= 0.6 is 12.2 Å². The van der Waals surface area contributed by atoms with Crippen molar-refractivity contribution in [3.8, 4) is 0 Å². The molecule has 0 amide bonds. The topological polar surface area (TPSA) is 39.7 Å². The third-order valence-corrected chi connectivity index (χ3v) is 3.63. The molecule has 2 N–H and O–H groups in total. The van der Waals surface area contributed by atoms with Gasteiger partial charge in [0.1, 0.15) is 0 Å². The molecule has 23 heavy (non-hydrogen) atoms. The van der Waals surface area contributed by atoms with Crippen molar-refractivity contribution in [2.45, 2.75) is 13.8 Å². The average molecular weight is 326 g/mol. The van der Waals surface area contributed by atoms with E-state index in [0.29, 0.717) is 5.11 Å². The zero-order chi connectivity index (χ0) is 16.5. The summed E-state index contributed by atoms with van der Waals surface area (Å²) < 4.78 is 0. The summed E-state index contributed by atoms with van der Waals surface area (Å²) in [5.74, 6) is 0. The normalized spacial score (nSPS) is 10.5. The van der Waals surface area contributed by atoms with Crippen molar-refractivity contribution in [2.75, 3.05) is 23.3 Å². The molecule has 2 aromatic rings. The summed E-state index contributed by atoms with van der Waals surface area (Å²) in [6, 6.07) is 18.1. The molecule has 0 aliphatic rings. The summed E-state index contributed by atoms with van der Waals surface area (Å²) in [6.07, 6.45) is 1.75. The standard InChI is InChI=1S/C18H22N4S/c1-3-22(4-2)17-12-10-15(11-13-17)14-19-21-18(23)20-16-8-6-5-7-9-16/h5-14H,3-4H2,1-2H3,(H2,20,21,23). The van der Waals surface area contributed by atoms with Gasteiger partial charge in [-0.25, -0.2) is 0 Å². The van der Waals surface area contributed by atoms with E-state index in [0.717, 1.165) is 24.3 Å². The van der Waals surface area contributed by atoms with Gasteiger partial charge in [-0.1, -0.05) is 30.3 Å². The van der Waals surface area contributed by atoms with Crippen molar-refractivity contribution in [3.63, 3.8) is 0 Å². The van der Waals surface area contributed by atoms with E-state index in [9.17, 15) is 0 Å². The summed E-state index contributed by atoms with van der Waals surface area (Å²) in [6.45, 7) is 6.32. The monoisotopic (exact) mass is 326 g/mol. The molecule has 120 valence electrons. The Morgan fingerprint density at radius 3 is 2.30 bits per heavy atom. The SMILES string of the molecule is CCN(CC)c1ccc(C=NNC(=S)Nc2ccccc2)cc1. The predicted octanol–water partition coefficient (Wildman–Crippen LogP) is 3.85. The van der Waals surface area contributed by atoms with E-state index in [1.807, 2.05) is 42.5 Å². The Morgan fingerprint density at radius 2 is 1.70 bits per heavy atom. The lowest BCUT2D eigenvalue weighted by Crippen LogP contribution is -2.23. The van der Waals surface area contributed by atoms with Crippen LogP contribution < -0.4 is 15.6 Å². The van der Waals surface area contributed by atoms with E-state index in [-0.39, 0.29) is 0 Å². The minimum atomic E-state index is 0.465. The van der Waals surface area contributed by atoms with Crippen LogP contribution in [0.2, 0.25) is 0 Å². The maximum Gasteiger partial charge on any atom is 0.191 e. The molecule has 0 fully saturated rings. The fraction of sp³-hybridized carbons (Fsp3) is 0.222. The first-order valence-electron chi connectivity index (χ1n) is 7.73. The number of nitrogens with zero attached hydrogens (tertiary/aromatic N) is 2. The lowest BCUT2D eigenvalue weighted by Gasteiger charge is -2.20. The van der Waals surface area contributed by atoms with Crippen LogP contribution in [-0.4, -0.2) is 24.4 Å². The van der Waals surface area contributed by atoms with Crippen LogP contribution in [0.4, 0.5) is 11.4 Å². The molecule has 0 heterocycles. The van der Waals surface area contributed by atoms with Gasteiger partial charge in [-0.3, -0.25) is 5.43 Å². The molecular formula is C18H22N4S. The Morgan fingerprint density at radius 1 is 1.04 bits per heavy atom. The third kappa shape index (κ3) is 5.38. The molecular weight excluding hydrogens is 304 g/mol. The fourth-order valence-electron chi connectivity index (χ4n) is 2.21. The van der Waals surface area contributed by atoms with Gasteiger partial charge in [-0.2, -0.15) is 5.10 Å². The Hall–Kier alpha value is -2.40. The summed E-state index contributed by atoms with van der Waals surface area (Å²) >= 11 is 5.20. The van der Waals surface area contributed by atoms with Crippen LogP contribution in [0.25, 0.3) is 0 Å². The second-order valence-corrected chi connectivity index (χ2v) is 5.36. The van der Waals surface area contributed by atoms with Gasteiger partial charge >= 0.3 is 0 Å². The Bertz CT molecular complexity index is 634. The van der Waals surface area contributed by atoms with Gasteiger partial charge in [0.25, 0.3) is 0 Å². The molecule has 2 rings (SSSR count). The van der Waals surface area contributed by atoms with Crippen LogP contribution in [0.15, 0.2) is 59.7 Å². The van der Waals surface area contributed by atoms with E-state index < -0.39 is 0 Å². The first kappa shape index (κ1) is 17.0. The second kappa shape index (κ2) is 8.90. The minimum Gasteiger partial charge on any atom is -0.372 e. The van der Waals surface area contributed by atoms with Crippen LogP contribution in [0.1, 0.15) is 19.4 Å². The lowest BCUT2D eigenvalue weighted by atomic mass is 10.2. The van der Waals surface area contributed by atoms with Crippen molar-refractivity contribution in [3.05, 3.63) is 60.2 Å². The number of para-hydroxylation sites is 1. The molecule has 0 atom stereocenters. The molecule has 0 spiro atoms. The maximum atomic E-state index is 5.20. The zero-order valence-corrected chi connectivity index (χ0v) is 14.3. The number of rotatable bonds is 6. The summed E-state index contributed by atoms with van der Waals surface area (Å²) in [5, 5.41) is 7.69. The molecule has 0 bridgehead atoms. The van der Waals surface area contributed by atoms with E-state index >= 15 is 0 Å². The first-order chi connectivity index (χ1) is 11.2. The van der Waals surface area contributed by atoms with Crippen LogP contribution in [0.5, 0.6) is 0 Å². The molecule has 0 saturated heterocycles. The highest BCUT2D eigenvalue weighted by atomic mass is 32.1. The quantitative estimate of drug-likeness (QED) is 0.480. The number of hydrogen-bond acceptors (Lipinski definition) is 3. The summed E-state index contributed by atoms with van der Waals surface area (Å²) in [5.41, 5.74) is 6.00. The van der Waals surface area contributed by atoms with Crippen molar-refractivity contribution < 1.29 is 0 Å². The van der Waals surface area contributed by atoms with Gasteiger partial charge in [0.15, 0.2) is 5.11 Å². The molecule has 4 nitrogen and oxygen atoms in total. The highest BCUT2D eigenvalue weighted by Crippen LogP contribution is 2.13. The number of nitrogens with one attached hydrogen (secondary N) is 2. The van der Waals surface area contributed by atoms with Crippen molar-refractivity contribution in [1.29, 1.82) is 0 Å². The number of hydrogen-bond donors (Lipinski definition) is 2. The lowest BCUT2D eigenvalue weighted by molar-refractivity contribution is 0.866. The van der Waals surface area contributed by atoms with Crippen LogP contribution in [0.3, 0.4) is 0 Å². The van der Waals surface area contributed by atoms with Gasteiger partial charge in [0, 0.05) is 24.5 Å². The predicted molar refractivity (Wildman–Crippen MR) is 103 cm³/mol. The van der Waals surface area contributed by atoms with E-state index in [1.165, 1.54) is 5.69 Å². The van der Waals surface area contributed by atoms with Gasteiger partial charge in [0.2, 0.25) is 0 Å². The Kier molecular flexibility index (Phi) is 6.56. The Labute approximate surface area is 143 Å². The molecule has 0 aliphatic carbocycles. The summed E-state index contributed by atoms with van der Waals surface area (Å²) in [4.78, 5) is 2.30. The second-order valence-electron chi connectivity index (χ2n) is 4.95. The minimum absolute atomic E-state index is 0.465. The Balaban J connectivity index is 1.86. The van der Waals surface area contributed by atoms with Crippen molar-refractivity contribution in [2.24, 2.45) is 5.10 Å². The highest BCUT2D eigenvalue weighted by molar-refractivity contribution is 7.80. The molecule has 0 aromatic heterocycles. The first-order valence-corrected chi connectivity index (χ1v) is 8.14. The molecule has 0 saturated carbocycles. The van der Waals surface area contributed by atoms with Gasteiger partial charge in [-0.15, -0.1) is 0 Å². The maximum absolute atomic E-state index is 5.20. The largest absolute Gasteiger partial charge is 0.372 e. The molecule has 0 aliphatic heterocycles. The third-order valence-electron chi connectivity index (χ3n) is 3.43. The fourth-order valence-corrected chi connectivity index (χ4v) is 2.38. The number of anilines is 2. The van der Waals surface area contributed by atoms with E-state index in [4.69, 9.17) is 12.2 Å². The molecule has 0 radical (unpaired) electrons. The molecule has 0 unspecified atom stereocenters. The zero-order valence-electron chi connectivity index (χ0n) is 13.5. The molecule has 5 heteroatoms. The van der Waals surface area contributed by atoms with Crippen molar-refractivity contribution >= 4 is 34.9 Å². The number of benzene rings is 2. The van der Waals surface area contributed by atoms with Crippen molar-refractivity contribution in [1.82, 2.24) is 5.43 Å². The molecule has 2 aromatic carbocycles. The highest BCUT2D eigenvalue weighted by Gasteiger charge is 2.00. The van der Waals surface area contributed by atoms with Gasteiger partial charge < -0.3 is 10.2 Å². The number of hydrazone groups is 1. The summed E-state index contributed by atoms with van der Waals surface area (Å²) in [7, 11) is 0. The van der Waals surface area contributed by atoms with Gasteiger partial charge in [-0.05, 0) is 55.9 Å². The number of thiocarbonyl (C=S) groups is 1. The smallest absolute Gasteiger partial charge is 0.191 e. The van der Waals surface area contributed by atoms with E-state index in [2.05, 4.69) is 46.7 Å². The van der Waals surface area contributed by atoms with E-state index in [1.54, 1.807) is 6.21 Å². The average Bonchev–Trinajstić information content (AvgIpc) is 2.58. The van der Waals surface area contributed by atoms with Gasteiger partial charge in [0.05, 0.1) is 6.21 Å².